The maximum Gasteiger partial charge on any atom is 0.236 e. The molecule has 5 heteroatoms. The minimum Gasteiger partial charge on any atom is -0.348 e. The highest BCUT2D eigenvalue weighted by Crippen LogP contribution is 2.09. The Morgan fingerprint density at radius 3 is 2.82 bits per heavy atom. The normalized spacial score (nSPS) is 9.76. The van der Waals surface area contributed by atoms with Crippen LogP contribution >= 0.6 is 0 Å². The van der Waals surface area contributed by atoms with Gasteiger partial charge < -0.3 is 10.2 Å². The first-order chi connectivity index (χ1) is 8.04. The molecule has 90 valence electrons. The van der Waals surface area contributed by atoms with Gasteiger partial charge in [0.25, 0.3) is 0 Å². The molecule has 0 aliphatic rings. The first-order valence-electron chi connectivity index (χ1n) is 5.14. The number of carbonyl (C=O) groups excluding carboxylic acids is 1. The van der Waals surface area contributed by atoms with Crippen molar-refractivity contribution in [1.29, 1.82) is 5.26 Å². The van der Waals surface area contributed by atoms with E-state index in [1.165, 1.54) is 23.1 Å². The lowest BCUT2D eigenvalue weighted by atomic mass is 10.1. The van der Waals surface area contributed by atoms with Gasteiger partial charge in [-0.15, -0.1) is 0 Å². The average molecular weight is 235 g/mol. The second kappa shape index (κ2) is 5.97. The number of hydrogen-bond donors (Lipinski definition) is 1. The van der Waals surface area contributed by atoms with Crippen molar-refractivity contribution >= 4 is 5.91 Å². The second-order valence-corrected chi connectivity index (χ2v) is 3.81. The van der Waals surface area contributed by atoms with E-state index in [9.17, 15) is 9.18 Å². The van der Waals surface area contributed by atoms with E-state index in [1.807, 2.05) is 6.07 Å². The molecule has 0 bridgehead atoms. The molecule has 0 heterocycles. The largest absolute Gasteiger partial charge is 0.348 e. The molecule has 0 fully saturated rings. The van der Waals surface area contributed by atoms with Crippen molar-refractivity contribution in [3.05, 3.63) is 35.1 Å². The molecule has 17 heavy (non-hydrogen) atoms. The molecule has 0 spiro atoms. The molecule has 0 unspecified atom stereocenters. The third-order valence-electron chi connectivity index (χ3n) is 2.27. The van der Waals surface area contributed by atoms with Crippen LogP contribution < -0.4 is 5.32 Å². The zero-order valence-electron chi connectivity index (χ0n) is 9.83. The highest BCUT2D eigenvalue weighted by molar-refractivity contribution is 5.77. The van der Waals surface area contributed by atoms with E-state index in [0.717, 1.165) is 0 Å². The highest BCUT2D eigenvalue weighted by atomic mass is 19.1. The lowest BCUT2D eigenvalue weighted by Crippen LogP contribution is -2.32. The van der Waals surface area contributed by atoms with E-state index in [-0.39, 0.29) is 24.8 Å². The second-order valence-electron chi connectivity index (χ2n) is 3.81. The molecular weight excluding hydrogens is 221 g/mol. The zero-order valence-corrected chi connectivity index (χ0v) is 9.83. The van der Waals surface area contributed by atoms with E-state index >= 15 is 0 Å². The van der Waals surface area contributed by atoms with Gasteiger partial charge >= 0.3 is 0 Å². The van der Waals surface area contributed by atoms with Crippen LogP contribution in [0.15, 0.2) is 18.2 Å². The van der Waals surface area contributed by atoms with Crippen molar-refractivity contribution in [1.82, 2.24) is 10.2 Å². The fraction of sp³-hybridized carbons (Fsp3) is 0.333. The Morgan fingerprint density at radius 1 is 1.53 bits per heavy atom. The summed E-state index contributed by atoms with van der Waals surface area (Å²) in [5.74, 6) is -0.462. The molecule has 0 radical (unpaired) electrons. The van der Waals surface area contributed by atoms with E-state index in [2.05, 4.69) is 5.32 Å². The predicted octanol–water partition coefficient (Wildman–Crippen LogP) is 0.875. The summed E-state index contributed by atoms with van der Waals surface area (Å²) >= 11 is 0. The van der Waals surface area contributed by atoms with Gasteiger partial charge in [-0.1, -0.05) is 0 Å². The van der Waals surface area contributed by atoms with Gasteiger partial charge in [0.05, 0.1) is 18.2 Å². The van der Waals surface area contributed by atoms with Crippen LogP contribution in [0.1, 0.15) is 11.1 Å². The van der Waals surface area contributed by atoms with Gasteiger partial charge in [0, 0.05) is 26.2 Å². The first-order valence-corrected chi connectivity index (χ1v) is 5.14. The smallest absolute Gasteiger partial charge is 0.236 e. The molecule has 0 aliphatic heterocycles. The number of amides is 1. The molecule has 0 aromatic heterocycles. The molecule has 1 aromatic rings. The lowest BCUT2D eigenvalue weighted by molar-refractivity contribution is -0.127. The minimum atomic E-state index is -0.381. The summed E-state index contributed by atoms with van der Waals surface area (Å²) in [5, 5.41) is 11.5. The van der Waals surface area contributed by atoms with Crippen molar-refractivity contribution in [2.45, 2.75) is 6.54 Å². The molecule has 1 N–H and O–H groups in total. The molecule has 1 amide bonds. The van der Waals surface area contributed by atoms with Gasteiger partial charge in [0.15, 0.2) is 0 Å². The summed E-state index contributed by atoms with van der Waals surface area (Å²) in [6, 6.07) is 6.09. The number of rotatable bonds is 4. The van der Waals surface area contributed by atoms with Crippen molar-refractivity contribution < 1.29 is 9.18 Å². The molecular formula is C12H14FN3O. The molecule has 0 saturated carbocycles. The number of carbonyl (C=O) groups is 1. The molecule has 1 rings (SSSR count). The van der Waals surface area contributed by atoms with E-state index < -0.39 is 0 Å². The van der Waals surface area contributed by atoms with E-state index in [4.69, 9.17) is 5.26 Å². The number of benzene rings is 1. The predicted molar refractivity (Wildman–Crippen MR) is 61.5 cm³/mol. The van der Waals surface area contributed by atoms with Crippen LogP contribution in [-0.2, 0) is 11.3 Å². The maximum absolute atomic E-state index is 13.3. The Morgan fingerprint density at radius 2 is 2.24 bits per heavy atom. The molecule has 0 atom stereocenters. The number of nitrogens with one attached hydrogen (secondary N) is 1. The molecule has 1 aromatic carbocycles. The third-order valence-corrected chi connectivity index (χ3v) is 2.27. The topological polar surface area (TPSA) is 56.1 Å². The summed E-state index contributed by atoms with van der Waals surface area (Å²) in [7, 11) is 3.31. The van der Waals surface area contributed by atoms with Crippen molar-refractivity contribution in [3.63, 3.8) is 0 Å². The molecule has 0 saturated heterocycles. The van der Waals surface area contributed by atoms with Crippen LogP contribution in [0, 0.1) is 17.1 Å². The number of likely N-dealkylation sites (N-methyl/N-ethyl adjacent to an activating group) is 1. The Bertz CT molecular complexity index is 452. The third kappa shape index (κ3) is 3.85. The maximum atomic E-state index is 13.3. The SMILES string of the molecule is CN(C)C(=O)CNCc1cc(C#N)ccc1F. The standard InChI is InChI=1S/C12H14FN3O/c1-16(2)12(17)8-15-7-10-5-9(6-14)3-4-11(10)13/h3-5,15H,7-8H2,1-2H3. The summed E-state index contributed by atoms with van der Waals surface area (Å²) < 4.78 is 13.3. The van der Waals surface area contributed by atoms with Crippen LogP contribution in [0.5, 0.6) is 0 Å². The Balaban J connectivity index is 2.58. The van der Waals surface area contributed by atoms with Crippen LogP contribution in [0.2, 0.25) is 0 Å². The highest BCUT2D eigenvalue weighted by Gasteiger charge is 2.06. The van der Waals surface area contributed by atoms with Gasteiger partial charge in [-0.3, -0.25) is 4.79 Å². The van der Waals surface area contributed by atoms with E-state index in [0.29, 0.717) is 11.1 Å². The van der Waals surface area contributed by atoms with Gasteiger partial charge in [-0.05, 0) is 18.2 Å². The fourth-order valence-corrected chi connectivity index (χ4v) is 1.24. The number of hydrogen-bond acceptors (Lipinski definition) is 3. The number of nitriles is 1. The van der Waals surface area contributed by atoms with Gasteiger partial charge in [0.1, 0.15) is 5.82 Å². The Kier molecular flexibility index (Phi) is 4.61. The first kappa shape index (κ1) is 13.1. The average Bonchev–Trinajstić information content (AvgIpc) is 2.31. The van der Waals surface area contributed by atoms with Gasteiger partial charge in [-0.25, -0.2) is 4.39 Å². The fourth-order valence-electron chi connectivity index (χ4n) is 1.24. The number of halogens is 1. The monoisotopic (exact) mass is 235 g/mol. The van der Waals surface area contributed by atoms with Crippen LogP contribution in [0.25, 0.3) is 0 Å². The van der Waals surface area contributed by atoms with Crippen molar-refractivity contribution in [2.75, 3.05) is 20.6 Å². The van der Waals surface area contributed by atoms with Crippen molar-refractivity contribution in [3.8, 4) is 6.07 Å². The zero-order chi connectivity index (χ0) is 12.8. The molecule has 4 nitrogen and oxygen atoms in total. The lowest BCUT2D eigenvalue weighted by Gasteiger charge is -2.11. The van der Waals surface area contributed by atoms with Crippen molar-refractivity contribution in [2.24, 2.45) is 0 Å². The van der Waals surface area contributed by atoms with E-state index in [1.54, 1.807) is 14.1 Å². The van der Waals surface area contributed by atoms with Gasteiger partial charge in [0.2, 0.25) is 5.91 Å². The quantitative estimate of drug-likeness (QED) is 0.842. The molecule has 0 aliphatic carbocycles. The Hall–Kier alpha value is -1.93. The van der Waals surface area contributed by atoms with Crippen LogP contribution in [0.3, 0.4) is 0 Å². The summed E-state index contributed by atoms with van der Waals surface area (Å²) in [4.78, 5) is 12.7. The van der Waals surface area contributed by atoms with Crippen LogP contribution in [0.4, 0.5) is 4.39 Å². The summed E-state index contributed by atoms with van der Waals surface area (Å²) in [5.41, 5.74) is 0.790. The number of nitrogens with zero attached hydrogens (tertiary/aromatic N) is 2. The minimum absolute atomic E-state index is 0.0816. The van der Waals surface area contributed by atoms with Gasteiger partial charge in [-0.2, -0.15) is 5.26 Å². The van der Waals surface area contributed by atoms with Crippen LogP contribution in [-0.4, -0.2) is 31.4 Å². The Labute approximate surface area is 99.7 Å². The summed E-state index contributed by atoms with van der Waals surface area (Å²) in [6.45, 7) is 0.365. The summed E-state index contributed by atoms with van der Waals surface area (Å²) in [6.07, 6.45) is 0.